The molecule has 0 aliphatic carbocycles. The molecule has 0 bridgehead atoms. The van der Waals surface area contributed by atoms with Gasteiger partial charge in [0.25, 0.3) is 5.91 Å². The highest BCUT2D eigenvalue weighted by atomic mass is 35.5. The monoisotopic (exact) mass is 351 g/mol. The van der Waals surface area contributed by atoms with Gasteiger partial charge in [-0.25, -0.2) is 0 Å². The second-order valence-corrected chi connectivity index (χ2v) is 5.15. The molecule has 2 aromatic carbocycles. The Morgan fingerprint density at radius 3 is 1.92 bits per heavy atom. The first-order valence-electron chi connectivity index (χ1n) is 6.98. The van der Waals surface area contributed by atoms with E-state index in [1.54, 1.807) is 30.3 Å². The molecule has 7 heteroatoms. The first-order chi connectivity index (χ1) is 11.5. The molecule has 0 saturated heterocycles. The summed E-state index contributed by atoms with van der Waals surface area (Å²) in [6.07, 6.45) is 0. The molecule has 0 spiro atoms. The normalized spacial score (nSPS) is 10.0. The summed E-state index contributed by atoms with van der Waals surface area (Å²) in [4.78, 5) is 12.5. The molecular weight excluding hydrogens is 334 g/mol. The molecular formula is C17H18ClNO5. The van der Waals surface area contributed by atoms with Gasteiger partial charge in [-0.1, -0.05) is 11.6 Å². The Bertz CT molecular complexity index is 726. The summed E-state index contributed by atoms with van der Waals surface area (Å²) in [7, 11) is 6.03. The molecule has 0 fully saturated rings. The van der Waals surface area contributed by atoms with Crippen LogP contribution in [0.25, 0.3) is 0 Å². The number of carbonyl (C=O) groups is 1. The Morgan fingerprint density at radius 1 is 0.833 bits per heavy atom. The Kier molecular flexibility index (Phi) is 5.76. The largest absolute Gasteiger partial charge is 0.497 e. The van der Waals surface area contributed by atoms with E-state index >= 15 is 0 Å². The van der Waals surface area contributed by atoms with Crippen LogP contribution in [-0.2, 0) is 0 Å². The van der Waals surface area contributed by atoms with Crippen molar-refractivity contribution in [2.24, 2.45) is 0 Å². The number of hydrogen-bond acceptors (Lipinski definition) is 5. The molecule has 0 unspecified atom stereocenters. The van der Waals surface area contributed by atoms with Crippen LogP contribution >= 0.6 is 11.6 Å². The quantitative estimate of drug-likeness (QED) is 0.860. The fourth-order valence-corrected chi connectivity index (χ4v) is 2.33. The van der Waals surface area contributed by atoms with E-state index in [0.29, 0.717) is 39.3 Å². The molecule has 0 heterocycles. The van der Waals surface area contributed by atoms with Crippen LogP contribution in [0.1, 0.15) is 10.4 Å². The third-order valence-corrected chi connectivity index (χ3v) is 3.63. The molecule has 1 amide bonds. The lowest BCUT2D eigenvalue weighted by atomic mass is 10.1. The molecule has 0 saturated carbocycles. The lowest BCUT2D eigenvalue weighted by molar-refractivity contribution is 0.102. The van der Waals surface area contributed by atoms with E-state index in [1.807, 2.05) is 0 Å². The minimum absolute atomic E-state index is 0.355. The average Bonchev–Trinajstić information content (AvgIpc) is 2.61. The maximum Gasteiger partial charge on any atom is 0.256 e. The molecule has 24 heavy (non-hydrogen) atoms. The number of hydrogen-bond donors (Lipinski definition) is 1. The van der Waals surface area contributed by atoms with Crippen molar-refractivity contribution in [3.8, 4) is 23.0 Å². The minimum Gasteiger partial charge on any atom is -0.497 e. The summed E-state index contributed by atoms with van der Waals surface area (Å²) in [5.41, 5.74) is 0.801. The van der Waals surface area contributed by atoms with E-state index in [9.17, 15) is 4.79 Å². The Morgan fingerprint density at radius 2 is 1.42 bits per heavy atom. The van der Waals surface area contributed by atoms with Crippen LogP contribution < -0.4 is 24.3 Å². The molecule has 0 atom stereocenters. The van der Waals surface area contributed by atoms with Crippen LogP contribution in [-0.4, -0.2) is 34.3 Å². The fraction of sp³-hybridized carbons (Fsp3) is 0.235. The first-order valence-corrected chi connectivity index (χ1v) is 7.36. The smallest absolute Gasteiger partial charge is 0.256 e. The summed E-state index contributed by atoms with van der Waals surface area (Å²) in [6.45, 7) is 0. The van der Waals surface area contributed by atoms with E-state index in [0.717, 1.165) is 0 Å². The zero-order valence-electron chi connectivity index (χ0n) is 13.8. The second kappa shape index (κ2) is 7.79. The van der Waals surface area contributed by atoms with Crippen molar-refractivity contribution >= 4 is 23.2 Å². The summed E-state index contributed by atoms with van der Waals surface area (Å²) in [5.74, 6) is 1.55. The number of rotatable bonds is 6. The van der Waals surface area contributed by atoms with Crippen molar-refractivity contribution in [2.45, 2.75) is 0 Å². The second-order valence-electron chi connectivity index (χ2n) is 4.74. The number of carbonyl (C=O) groups excluding carboxylic acids is 1. The Balaban J connectivity index is 2.34. The van der Waals surface area contributed by atoms with E-state index in [2.05, 4.69) is 5.32 Å². The van der Waals surface area contributed by atoms with Gasteiger partial charge in [0, 0.05) is 17.7 Å². The van der Waals surface area contributed by atoms with Crippen LogP contribution in [0.4, 0.5) is 5.69 Å². The zero-order valence-corrected chi connectivity index (χ0v) is 14.6. The Labute approximate surface area is 145 Å². The fourth-order valence-electron chi connectivity index (χ4n) is 2.09. The van der Waals surface area contributed by atoms with Gasteiger partial charge in [-0.05, 0) is 18.2 Å². The van der Waals surface area contributed by atoms with Crippen molar-refractivity contribution in [2.75, 3.05) is 33.8 Å². The summed E-state index contributed by atoms with van der Waals surface area (Å²) < 4.78 is 20.7. The van der Waals surface area contributed by atoms with Crippen molar-refractivity contribution in [1.29, 1.82) is 0 Å². The van der Waals surface area contributed by atoms with Gasteiger partial charge in [0.1, 0.15) is 23.0 Å². The first kappa shape index (κ1) is 17.7. The number of halogens is 1. The summed E-state index contributed by atoms with van der Waals surface area (Å²) >= 11 is 6.11. The maximum absolute atomic E-state index is 12.5. The van der Waals surface area contributed by atoms with Gasteiger partial charge >= 0.3 is 0 Å². The van der Waals surface area contributed by atoms with Gasteiger partial charge < -0.3 is 24.3 Å². The molecule has 2 rings (SSSR count). The number of nitrogens with one attached hydrogen (secondary N) is 1. The highest BCUT2D eigenvalue weighted by Gasteiger charge is 2.15. The molecule has 0 aromatic heterocycles. The maximum atomic E-state index is 12.5. The van der Waals surface area contributed by atoms with Crippen LogP contribution in [0.2, 0.25) is 5.02 Å². The number of ether oxygens (including phenoxy) is 4. The summed E-state index contributed by atoms with van der Waals surface area (Å²) in [5, 5.41) is 3.12. The van der Waals surface area contributed by atoms with Gasteiger partial charge in [-0.2, -0.15) is 0 Å². The third kappa shape index (κ3) is 3.83. The standard InChI is InChI=1S/C17H18ClNO5/c1-21-11-5-10(6-12(7-11)22-2)17(20)19-14-8-13(18)15(23-3)9-16(14)24-4/h5-9H,1-4H3,(H,19,20). The van der Waals surface area contributed by atoms with Crippen molar-refractivity contribution in [1.82, 2.24) is 0 Å². The SMILES string of the molecule is COc1cc(OC)cc(C(=O)Nc2cc(Cl)c(OC)cc2OC)c1. The van der Waals surface area contributed by atoms with Gasteiger partial charge in [0.05, 0.1) is 39.1 Å². The molecule has 6 nitrogen and oxygen atoms in total. The topological polar surface area (TPSA) is 66.0 Å². The van der Waals surface area contributed by atoms with Gasteiger partial charge in [0.15, 0.2) is 0 Å². The van der Waals surface area contributed by atoms with Gasteiger partial charge in [0.2, 0.25) is 0 Å². The van der Waals surface area contributed by atoms with Gasteiger partial charge in [-0.15, -0.1) is 0 Å². The van der Waals surface area contributed by atoms with E-state index in [-0.39, 0.29) is 5.91 Å². The molecule has 128 valence electrons. The predicted octanol–water partition coefficient (Wildman–Crippen LogP) is 3.63. The predicted molar refractivity (Wildman–Crippen MR) is 92.1 cm³/mol. The molecule has 0 aliphatic rings. The highest BCUT2D eigenvalue weighted by Crippen LogP contribution is 2.36. The third-order valence-electron chi connectivity index (χ3n) is 3.34. The number of anilines is 1. The number of methoxy groups -OCH3 is 4. The average molecular weight is 352 g/mol. The highest BCUT2D eigenvalue weighted by molar-refractivity contribution is 6.32. The summed E-state index contributed by atoms with van der Waals surface area (Å²) in [6, 6.07) is 8.06. The van der Waals surface area contributed by atoms with E-state index < -0.39 is 0 Å². The van der Waals surface area contributed by atoms with Crippen molar-refractivity contribution in [3.05, 3.63) is 40.9 Å². The van der Waals surface area contributed by atoms with E-state index in [1.165, 1.54) is 28.4 Å². The zero-order chi connectivity index (χ0) is 17.7. The number of benzene rings is 2. The van der Waals surface area contributed by atoms with Crippen LogP contribution in [0, 0.1) is 0 Å². The lowest BCUT2D eigenvalue weighted by Crippen LogP contribution is -2.13. The minimum atomic E-state index is -0.355. The van der Waals surface area contributed by atoms with Crippen LogP contribution in [0.15, 0.2) is 30.3 Å². The number of amides is 1. The molecule has 2 aromatic rings. The molecule has 1 N–H and O–H groups in total. The van der Waals surface area contributed by atoms with Crippen LogP contribution in [0.5, 0.6) is 23.0 Å². The van der Waals surface area contributed by atoms with Crippen LogP contribution in [0.3, 0.4) is 0 Å². The van der Waals surface area contributed by atoms with E-state index in [4.69, 9.17) is 30.5 Å². The Hall–Kier alpha value is -2.60. The van der Waals surface area contributed by atoms with Crippen molar-refractivity contribution < 1.29 is 23.7 Å². The lowest BCUT2D eigenvalue weighted by Gasteiger charge is -2.14. The van der Waals surface area contributed by atoms with Crippen molar-refractivity contribution in [3.63, 3.8) is 0 Å². The van der Waals surface area contributed by atoms with Gasteiger partial charge in [-0.3, -0.25) is 4.79 Å². The molecule has 0 radical (unpaired) electrons. The molecule has 0 aliphatic heterocycles.